The summed E-state index contributed by atoms with van der Waals surface area (Å²) < 4.78 is 0. The van der Waals surface area contributed by atoms with Gasteiger partial charge in [-0.15, -0.1) is 0 Å². The van der Waals surface area contributed by atoms with Crippen LogP contribution in [0.25, 0.3) is 6.08 Å². The molecule has 1 heterocycles. The summed E-state index contributed by atoms with van der Waals surface area (Å²) in [7, 11) is 0. The molecule has 19 heavy (non-hydrogen) atoms. The van der Waals surface area contributed by atoms with Crippen LogP contribution in [0.5, 0.6) is 0 Å². The minimum Gasteiger partial charge on any atom is -0.378 e. The van der Waals surface area contributed by atoms with Crippen molar-refractivity contribution in [1.29, 1.82) is 0 Å². The van der Waals surface area contributed by atoms with Gasteiger partial charge in [0, 0.05) is 30.0 Å². The third-order valence-corrected chi connectivity index (χ3v) is 3.29. The average molecular weight is 281 g/mol. The number of carbonyl (C=O) groups excluding carboxylic acids is 1. The molecule has 0 aliphatic carbocycles. The highest BCUT2D eigenvalue weighted by atomic mass is 32.2. The Morgan fingerprint density at radius 3 is 2.89 bits per heavy atom. The molecule has 0 spiro atoms. The monoisotopic (exact) mass is 281 g/mol. The lowest BCUT2D eigenvalue weighted by atomic mass is 10.1. The average Bonchev–Trinajstić information content (AvgIpc) is 2.30. The Balaban J connectivity index is 2.79. The van der Waals surface area contributed by atoms with Crippen LogP contribution in [0.3, 0.4) is 0 Å². The van der Waals surface area contributed by atoms with E-state index in [1.165, 1.54) is 24.9 Å². The first kappa shape index (κ1) is 15.2. The molecular weight excluding hydrogens is 266 g/mol. The highest BCUT2D eigenvalue weighted by Gasteiger charge is 2.18. The van der Waals surface area contributed by atoms with Gasteiger partial charge in [-0.25, -0.2) is 4.98 Å². The van der Waals surface area contributed by atoms with Crippen molar-refractivity contribution in [3.8, 4) is 0 Å². The van der Waals surface area contributed by atoms with E-state index < -0.39 is 4.92 Å². The molecule has 0 fully saturated rings. The van der Waals surface area contributed by atoms with Crippen LogP contribution in [0.1, 0.15) is 24.5 Å². The molecule has 0 saturated heterocycles. The van der Waals surface area contributed by atoms with E-state index >= 15 is 0 Å². The lowest BCUT2D eigenvalue weighted by molar-refractivity contribution is -0.384. The molecule has 102 valence electrons. The number of carbonyl (C=O) groups is 1. The van der Waals surface area contributed by atoms with Crippen molar-refractivity contribution in [2.24, 2.45) is 0 Å². The third kappa shape index (κ3) is 4.36. The number of allylic oxidation sites excluding steroid dienone is 1. The molecule has 1 rings (SSSR count). The molecule has 0 unspecified atom stereocenters. The first-order valence-electron chi connectivity index (χ1n) is 5.63. The molecule has 1 aromatic rings. The number of nitrogens with zero attached hydrogens (tertiary/aromatic N) is 2. The fourth-order valence-electron chi connectivity index (χ4n) is 1.51. The summed E-state index contributed by atoms with van der Waals surface area (Å²) in [4.78, 5) is 24.9. The summed E-state index contributed by atoms with van der Waals surface area (Å²) >= 11 is 1.25. The van der Waals surface area contributed by atoms with Gasteiger partial charge in [0.2, 0.25) is 5.82 Å². The predicted octanol–water partition coefficient (Wildman–Crippen LogP) is 2.56. The van der Waals surface area contributed by atoms with Crippen LogP contribution >= 0.6 is 11.8 Å². The van der Waals surface area contributed by atoms with Gasteiger partial charge in [0.05, 0.1) is 4.92 Å². The van der Waals surface area contributed by atoms with Gasteiger partial charge in [-0.2, -0.15) is 0 Å². The number of rotatable bonds is 5. The zero-order valence-electron chi connectivity index (χ0n) is 10.8. The van der Waals surface area contributed by atoms with E-state index in [0.717, 1.165) is 0 Å². The Bertz CT molecular complexity index is 529. The van der Waals surface area contributed by atoms with Crippen LogP contribution < -0.4 is 5.73 Å². The molecule has 6 nitrogen and oxygen atoms in total. The largest absolute Gasteiger partial charge is 0.378 e. The summed E-state index contributed by atoms with van der Waals surface area (Å²) in [5.41, 5.74) is 6.48. The maximum Gasteiger partial charge on any atom is 0.314 e. The topological polar surface area (TPSA) is 99.1 Å². The maximum atomic E-state index is 10.9. The molecule has 0 aliphatic heterocycles. The van der Waals surface area contributed by atoms with E-state index in [9.17, 15) is 14.9 Å². The maximum absolute atomic E-state index is 10.9. The molecule has 1 aromatic heterocycles. The Hall–Kier alpha value is -1.89. The van der Waals surface area contributed by atoms with Crippen LogP contribution in [0.4, 0.5) is 11.5 Å². The first-order valence-corrected chi connectivity index (χ1v) is 6.61. The fraction of sp³-hybridized carbons (Fsp3) is 0.333. The Kier molecular flexibility index (Phi) is 5.50. The molecular formula is C12H15N3O3S. The van der Waals surface area contributed by atoms with Crippen molar-refractivity contribution in [2.45, 2.75) is 20.3 Å². The normalized spacial score (nSPS) is 10.8. The van der Waals surface area contributed by atoms with Gasteiger partial charge in [0.1, 0.15) is 0 Å². The second-order valence-corrected chi connectivity index (χ2v) is 5.13. The lowest BCUT2D eigenvalue weighted by Gasteiger charge is -2.03. The minimum absolute atomic E-state index is 0.0771. The molecule has 0 aromatic carbocycles. The molecule has 2 N–H and O–H groups in total. The van der Waals surface area contributed by atoms with E-state index in [0.29, 0.717) is 23.3 Å². The van der Waals surface area contributed by atoms with E-state index in [1.807, 2.05) is 6.08 Å². The van der Waals surface area contributed by atoms with Crippen molar-refractivity contribution in [3.63, 3.8) is 0 Å². The zero-order chi connectivity index (χ0) is 14.4. The first-order chi connectivity index (χ1) is 8.93. The number of hydrogen-bond acceptors (Lipinski definition) is 6. The SMILES string of the molecule is CC(=O)SCCC=Cc1cnc(N)c([N+](=O)[O-])c1C. The molecule has 0 aliphatic rings. The quantitative estimate of drug-likeness (QED) is 0.506. The van der Waals surface area contributed by atoms with Crippen LogP contribution in [0.15, 0.2) is 12.3 Å². The molecule has 0 amide bonds. The summed E-state index contributed by atoms with van der Waals surface area (Å²) in [6, 6.07) is 0. The summed E-state index contributed by atoms with van der Waals surface area (Å²) in [6.07, 6.45) is 5.84. The number of anilines is 1. The van der Waals surface area contributed by atoms with Crippen molar-refractivity contribution in [3.05, 3.63) is 33.5 Å². The van der Waals surface area contributed by atoms with E-state index in [-0.39, 0.29) is 16.6 Å². The van der Waals surface area contributed by atoms with Crippen molar-refractivity contribution < 1.29 is 9.72 Å². The fourth-order valence-corrected chi connectivity index (χ4v) is 2.05. The highest BCUT2D eigenvalue weighted by Crippen LogP contribution is 2.26. The van der Waals surface area contributed by atoms with Crippen molar-refractivity contribution >= 4 is 34.5 Å². The van der Waals surface area contributed by atoms with Gasteiger partial charge in [-0.3, -0.25) is 14.9 Å². The summed E-state index contributed by atoms with van der Waals surface area (Å²) in [5, 5.41) is 10.9. The Morgan fingerprint density at radius 1 is 1.63 bits per heavy atom. The van der Waals surface area contributed by atoms with Gasteiger partial charge in [0.25, 0.3) is 0 Å². The highest BCUT2D eigenvalue weighted by molar-refractivity contribution is 8.13. The van der Waals surface area contributed by atoms with Crippen molar-refractivity contribution in [1.82, 2.24) is 4.98 Å². The number of thioether (sulfide) groups is 1. The van der Waals surface area contributed by atoms with Crippen molar-refractivity contribution in [2.75, 3.05) is 11.5 Å². The van der Waals surface area contributed by atoms with E-state index in [2.05, 4.69) is 4.98 Å². The number of nitrogen functional groups attached to an aromatic ring is 1. The van der Waals surface area contributed by atoms with Gasteiger partial charge >= 0.3 is 5.69 Å². The molecule has 0 saturated carbocycles. The van der Waals surface area contributed by atoms with Gasteiger partial charge < -0.3 is 5.73 Å². The number of hydrogen-bond donors (Lipinski definition) is 1. The van der Waals surface area contributed by atoms with E-state index in [1.54, 1.807) is 13.0 Å². The minimum atomic E-state index is -0.527. The second-order valence-electron chi connectivity index (χ2n) is 3.86. The van der Waals surface area contributed by atoms with Crippen LogP contribution in [-0.4, -0.2) is 20.8 Å². The Morgan fingerprint density at radius 2 is 2.32 bits per heavy atom. The van der Waals surface area contributed by atoms with E-state index in [4.69, 9.17) is 5.73 Å². The third-order valence-electron chi connectivity index (χ3n) is 2.44. The van der Waals surface area contributed by atoms with Crippen LogP contribution in [0, 0.1) is 17.0 Å². The summed E-state index contributed by atoms with van der Waals surface area (Å²) in [5.74, 6) is 0.613. The number of aromatic nitrogens is 1. The van der Waals surface area contributed by atoms with Crippen LogP contribution in [-0.2, 0) is 4.79 Å². The molecule has 0 atom stereocenters. The zero-order valence-corrected chi connectivity index (χ0v) is 11.6. The number of nitro groups is 1. The Labute approximate surface area is 115 Å². The summed E-state index contributed by atoms with van der Waals surface area (Å²) in [6.45, 7) is 3.16. The standard InChI is InChI=1S/C12H15N3O3S/c1-8-10(5-3-4-6-19-9(2)16)7-14-12(13)11(8)15(17)18/h3,5,7H,4,6H2,1-2H3,(H2,13,14). The predicted molar refractivity (Wildman–Crippen MR) is 76.8 cm³/mol. The second kappa shape index (κ2) is 6.89. The molecule has 7 heteroatoms. The molecule has 0 bridgehead atoms. The van der Waals surface area contributed by atoms with Gasteiger partial charge in [-0.05, 0) is 13.3 Å². The van der Waals surface area contributed by atoms with Gasteiger partial charge in [0.15, 0.2) is 5.12 Å². The van der Waals surface area contributed by atoms with Gasteiger partial charge in [-0.1, -0.05) is 23.9 Å². The number of nitrogens with two attached hydrogens (primary N) is 1. The lowest BCUT2D eigenvalue weighted by Crippen LogP contribution is -2.02. The van der Waals surface area contributed by atoms with Crippen LogP contribution in [0.2, 0.25) is 0 Å². The molecule has 0 radical (unpaired) electrons. The number of pyridine rings is 1. The smallest absolute Gasteiger partial charge is 0.314 e.